The number of anilines is 1. The van der Waals surface area contributed by atoms with Crippen LogP contribution in [0.3, 0.4) is 0 Å². The zero-order valence-corrected chi connectivity index (χ0v) is 15.2. The maximum Gasteiger partial charge on any atom is 0.343 e. The number of nitrogens with zero attached hydrogens (tertiary/aromatic N) is 4. The van der Waals surface area contributed by atoms with Crippen molar-refractivity contribution >= 4 is 17.4 Å². The second kappa shape index (κ2) is 7.39. The highest BCUT2D eigenvalue weighted by atomic mass is 19.1. The first-order chi connectivity index (χ1) is 13.6. The van der Waals surface area contributed by atoms with Crippen molar-refractivity contribution in [1.29, 1.82) is 0 Å². The van der Waals surface area contributed by atoms with Crippen LogP contribution < -0.4 is 15.8 Å². The number of pyridine rings is 1. The molecule has 146 valence electrons. The number of aromatic nitrogens is 4. The van der Waals surface area contributed by atoms with Crippen LogP contribution in [0.5, 0.6) is 0 Å². The van der Waals surface area contributed by atoms with Crippen LogP contribution >= 0.6 is 0 Å². The summed E-state index contributed by atoms with van der Waals surface area (Å²) in [7, 11) is 0. The quantitative estimate of drug-likeness (QED) is 0.642. The number of fused-ring (bicyclic) bond motifs is 1. The third-order valence-corrected chi connectivity index (χ3v) is 4.64. The Labute approximate surface area is 159 Å². The fourth-order valence-corrected chi connectivity index (χ4v) is 3.35. The normalized spacial score (nSPS) is 17.1. The molecule has 0 bridgehead atoms. The molecule has 0 aliphatic carbocycles. The Kier molecular flexibility index (Phi) is 4.78. The summed E-state index contributed by atoms with van der Waals surface area (Å²) in [5.74, 6) is -0.446. The molecule has 1 atom stereocenters. The number of carbonyl (C=O) groups is 1. The van der Waals surface area contributed by atoms with Gasteiger partial charge in [-0.2, -0.15) is 5.10 Å². The molecule has 3 aromatic heterocycles. The molecule has 1 saturated heterocycles. The van der Waals surface area contributed by atoms with E-state index in [0.717, 1.165) is 6.20 Å². The molecular weight excluding hydrogens is 367 g/mol. The zero-order chi connectivity index (χ0) is 19.7. The minimum atomic E-state index is -0.510. The lowest BCUT2D eigenvalue weighted by atomic mass is 10.0. The number of halogens is 1. The highest BCUT2D eigenvalue weighted by Crippen LogP contribution is 2.26. The van der Waals surface area contributed by atoms with Crippen LogP contribution in [0.4, 0.5) is 10.2 Å². The summed E-state index contributed by atoms with van der Waals surface area (Å²) in [5, 5.41) is 7.35. The summed E-state index contributed by atoms with van der Waals surface area (Å²) in [6, 6.07) is 2.59. The van der Waals surface area contributed by atoms with Crippen molar-refractivity contribution in [1.82, 2.24) is 24.9 Å². The number of piperazine rings is 1. The van der Waals surface area contributed by atoms with Gasteiger partial charge in [0.25, 0.3) is 5.56 Å². The van der Waals surface area contributed by atoms with Crippen molar-refractivity contribution in [2.75, 3.05) is 31.1 Å². The van der Waals surface area contributed by atoms with E-state index in [4.69, 9.17) is 4.74 Å². The van der Waals surface area contributed by atoms with Gasteiger partial charge in [-0.1, -0.05) is 0 Å². The van der Waals surface area contributed by atoms with Crippen molar-refractivity contribution in [3.8, 4) is 0 Å². The first-order valence-electron chi connectivity index (χ1n) is 8.95. The van der Waals surface area contributed by atoms with Crippen molar-refractivity contribution < 1.29 is 13.9 Å². The Bertz CT molecular complexity index is 1080. The number of hydrogen-bond donors (Lipinski definition) is 2. The monoisotopic (exact) mass is 386 g/mol. The molecule has 0 amide bonds. The lowest BCUT2D eigenvalue weighted by Crippen LogP contribution is -2.48. The van der Waals surface area contributed by atoms with Crippen LogP contribution in [0.1, 0.15) is 28.9 Å². The topological polar surface area (TPSA) is 105 Å². The second-order valence-electron chi connectivity index (χ2n) is 6.35. The van der Waals surface area contributed by atoms with Crippen molar-refractivity contribution in [2.24, 2.45) is 0 Å². The van der Waals surface area contributed by atoms with E-state index in [-0.39, 0.29) is 17.7 Å². The van der Waals surface area contributed by atoms with Gasteiger partial charge >= 0.3 is 5.97 Å². The Morgan fingerprint density at radius 1 is 1.46 bits per heavy atom. The van der Waals surface area contributed by atoms with E-state index < -0.39 is 17.8 Å². The summed E-state index contributed by atoms with van der Waals surface area (Å²) in [6.07, 6.45) is 4.14. The number of nitrogens with one attached hydrogen (secondary N) is 2. The average molecular weight is 386 g/mol. The Balaban J connectivity index is 1.76. The van der Waals surface area contributed by atoms with Gasteiger partial charge < -0.3 is 19.9 Å². The Morgan fingerprint density at radius 3 is 3.14 bits per heavy atom. The smallest absolute Gasteiger partial charge is 0.343 e. The van der Waals surface area contributed by atoms with Crippen LogP contribution in [0.2, 0.25) is 0 Å². The number of rotatable bonds is 4. The number of ether oxygens (including phenoxy) is 1. The van der Waals surface area contributed by atoms with E-state index >= 15 is 0 Å². The number of carbonyl (C=O) groups excluding carboxylic acids is 1. The first kappa shape index (κ1) is 18.1. The molecule has 0 radical (unpaired) electrons. The van der Waals surface area contributed by atoms with Crippen molar-refractivity contribution in [3.63, 3.8) is 0 Å². The number of H-pyrrole nitrogens is 1. The summed E-state index contributed by atoms with van der Waals surface area (Å²) < 4.78 is 20.3. The molecule has 4 rings (SSSR count). The fourth-order valence-electron chi connectivity index (χ4n) is 3.35. The van der Waals surface area contributed by atoms with Gasteiger partial charge in [-0.3, -0.25) is 4.79 Å². The van der Waals surface area contributed by atoms with Gasteiger partial charge in [-0.15, -0.1) is 0 Å². The van der Waals surface area contributed by atoms with Crippen molar-refractivity contribution in [3.05, 3.63) is 58.0 Å². The molecule has 1 aliphatic heterocycles. The van der Waals surface area contributed by atoms with E-state index in [1.165, 1.54) is 16.8 Å². The van der Waals surface area contributed by atoms with Crippen molar-refractivity contribution in [2.45, 2.75) is 13.0 Å². The van der Waals surface area contributed by atoms with E-state index in [2.05, 4.69) is 20.4 Å². The highest BCUT2D eigenvalue weighted by molar-refractivity contribution is 5.95. The van der Waals surface area contributed by atoms with Gasteiger partial charge in [0.1, 0.15) is 17.2 Å². The molecule has 1 aliphatic rings. The average Bonchev–Trinajstić information content (AvgIpc) is 3.13. The highest BCUT2D eigenvalue weighted by Gasteiger charge is 2.28. The fraction of sp³-hybridized carbons (Fsp3) is 0.333. The second-order valence-corrected chi connectivity index (χ2v) is 6.35. The van der Waals surface area contributed by atoms with Gasteiger partial charge in [-0.05, 0) is 19.1 Å². The van der Waals surface area contributed by atoms with Gasteiger partial charge in [0, 0.05) is 37.6 Å². The van der Waals surface area contributed by atoms with Crippen LogP contribution in [-0.4, -0.2) is 51.8 Å². The van der Waals surface area contributed by atoms with E-state index in [1.807, 2.05) is 4.90 Å². The van der Waals surface area contributed by atoms with Crippen LogP contribution in [0.25, 0.3) is 5.65 Å². The lowest BCUT2D eigenvalue weighted by molar-refractivity contribution is 0.0528. The molecule has 28 heavy (non-hydrogen) atoms. The lowest BCUT2D eigenvalue weighted by Gasteiger charge is -2.36. The molecule has 9 nitrogen and oxygen atoms in total. The Morgan fingerprint density at radius 2 is 2.32 bits per heavy atom. The van der Waals surface area contributed by atoms with Crippen LogP contribution in [0.15, 0.2) is 35.5 Å². The predicted octanol–water partition coefficient (Wildman–Crippen LogP) is 0.884. The molecule has 4 heterocycles. The van der Waals surface area contributed by atoms with Gasteiger partial charge in [0.2, 0.25) is 0 Å². The predicted molar refractivity (Wildman–Crippen MR) is 98.9 cm³/mol. The maximum atomic E-state index is 13.7. The minimum absolute atomic E-state index is 0.248. The SMILES string of the molecule is CCOC(=O)c1cnn2ccc(N3CCNCC3c3cc(F)c[nH]c3=O)nc12. The molecule has 1 unspecified atom stereocenters. The molecule has 0 aromatic carbocycles. The molecule has 2 N–H and O–H groups in total. The van der Waals surface area contributed by atoms with Gasteiger partial charge in [-0.25, -0.2) is 18.7 Å². The van der Waals surface area contributed by atoms with E-state index in [9.17, 15) is 14.0 Å². The molecule has 10 heteroatoms. The van der Waals surface area contributed by atoms with Crippen LogP contribution in [0, 0.1) is 5.82 Å². The maximum absolute atomic E-state index is 13.7. The summed E-state index contributed by atoms with van der Waals surface area (Å²) >= 11 is 0. The summed E-state index contributed by atoms with van der Waals surface area (Å²) in [5.41, 5.74) is 0.589. The van der Waals surface area contributed by atoms with E-state index in [1.54, 1.807) is 19.2 Å². The van der Waals surface area contributed by atoms with E-state index in [0.29, 0.717) is 36.7 Å². The zero-order valence-electron chi connectivity index (χ0n) is 15.2. The molecule has 0 spiro atoms. The number of hydrogen-bond acceptors (Lipinski definition) is 7. The van der Waals surface area contributed by atoms with Gasteiger partial charge in [0.05, 0.1) is 18.8 Å². The molecule has 0 saturated carbocycles. The summed E-state index contributed by atoms with van der Waals surface area (Å²) in [6.45, 7) is 3.68. The summed E-state index contributed by atoms with van der Waals surface area (Å²) in [4.78, 5) is 33.3. The largest absolute Gasteiger partial charge is 0.462 e. The molecular formula is C18H19FN6O3. The van der Waals surface area contributed by atoms with Crippen LogP contribution in [-0.2, 0) is 4.74 Å². The molecule has 1 fully saturated rings. The number of aromatic amines is 1. The third-order valence-electron chi connectivity index (χ3n) is 4.64. The van der Waals surface area contributed by atoms with Gasteiger partial charge in [0.15, 0.2) is 5.65 Å². The molecule has 3 aromatic rings. The third kappa shape index (κ3) is 3.22. The standard InChI is InChI=1S/C18H19FN6O3/c1-2-28-18(27)13-9-22-25-5-3-15(23-16(13)25)24-6-4-20-10-14(24)12-7-11(19)8-21-17(12)26/h3,5,7-9,14,20H,2,4,6,10H2,1H3,(H,21,26). The first-order valence-corrected chi connectivity index (χ1v) is 8.95. The Hall–Kier alpha value is -3.27. The minimum Gasteiger partial charge on any atom is -0.462 e. The number of esters is 1.